The number of H-pyrrole nitrogens is 1. The third-order valence-electron chi connectivity index (χ3n) is 4.82. The van der Waals surface area contributed by atoms with Gasteiger partial charge in [-0.3, -0.25) is 4.79 Å². The number of pyridine rings is 1. The lowest BCUT2D eigenvalue weighted by Crippen LogP contribution is -2.06. The van der Waals surface area contributed by atoms with E-state index in [-0.39, 0.29) is 11.3 Å². The third kappa shape index (κ3) is 9.79. The summed E-state index contributed by atoms with van der Waals surface area (Å²) in [7, 11) is 0. The van der Waals surface area contributed by atoms with Crippen LogP contribution in [0, 0.1) is 0 Å². The Hall–Kier alpha value is -1.25. The second kappa shape index (κ2) is 14.1. The fourth-order valence-electron chi connectivity index (χ4n) is 3.22. The number of rotatable bonds is 15. The summed E-state index contributed by atoms with van der Waals surface area (Å²) in [6.07, 6.45) is 21.2. The smallest absolute Gasteiger partial charge is 0.290 e. The van der Waals surface area contributed by atoms with E-state index in [9.17, 15) is 9.90 Å². The Kier molecular flexibility index (Phi) is 12.2. The standard InChI is InChI=1S/C21H37NO2/c1-2-3-4-5-6-7-8-9-10-11-12-13-14-15-16-19-17-18-22-21(24)20(19)23/h17-18,23H,2-16H2,1H3,(H,22,24). The summed E-state index contributed by atoms with van der Waals surface area (Å²) in [6, 6.07) is 1.80. The molecule has 1 heterocycles. The van der Waals surface area contributed by atoms with E-state index in [1.54, 1.807) is 12.3 Å². The Bertz CT molecular complexity index is 467. The molecular weight excluding hydrogens is 298 g/mol. The van der Waals surface area contributed by atoms with Gasteiger partial charge in [0.05, 0.1) is 0 Å². The molecule has 24 heavy (non-hydrogen) atoms. The van der Waals surface area contributed by atoms with Gasteiger partial charge in [-0.25, -0.2) is 0 Å². The second-order valence-electron chi connectivity index (χ2n) is 7.03. The maximum atomic E-state index is 11.3. The third-order valence-corrected chi connectivity index (χ3v) is 4.82. The quantitative estimate of drug-likeness (QED) is 0.380. The molecule has 1 rings (SSSR count). The lowest BCUT2D eigenvalue weighted by atomic mass is 10.0. The molecule has 0 spiro atoms. The van der Waals surface area contributed by atoms with Crippen LogP contribution in [-0.2, 0) is 6.42 Å². The molecule has 2 N–H and O–H groups in total. The molecule has 0 aliphatic carbocycles. The number of unbranched alkanes of at least 4 members (excludes halogenated alkanes) is 13. The first-order valence-corrected chi connectivity index (χ1v) is 10.1. The van der Waals surface area contributed by atoms with Gasteiger partial charge in [-0.1, -0.05) is 90.4 Å². The zero-order valence-corrected chi connectivity index (χ0v) is 15.6. The van der Waals surface area contributed by atoms with Gasteiger partial charge in [0.25, 0.3) is 5.56 Å². The van der Waals surface area contributed by atoms with Crippen molar-refractivity contribution in [3.8, 4) is 5.75 Å². The number of aromatic hydroxyl groups is 1. The van der Waals surface area contributed by atoms with Gasteiger partial charge >= 0.3 is 0 Å². The fourth-order valence-corrected chi connectivity index (χ4v) is 3.22. The molecule has 0 aromatic carbocycles. The molecule has 0 atom stereocenters. The van der Waals surface area contributed by atoms with Crippen LogP contribution in [0.25, 0.3) is 0 Å². The highest BCUT2D eigenvalue weighted by atomic mass is 16.3. The monoisotopic (exact) mass is 335 g/mol. The molecule has 0 amide bonds. The topological polar surface area (TPSA) is 53.1 Å². The minimum atomic E-state index is -0.377. The van der Waals surface area contributed by atoms with Crippen LogP contribution in [0.5, 0.6) is 5.75 Å². The van der Waals surface area contributed by atoms with Gasteiger partial charge in [-0.2, -0.15) is 0 Å². The van der Waals surface area contributed by atoms with E-state index < -0.39 is 0 Å². The van der Waals surface area contributed by atoms with Crippen LogP contribution in [0.4, 0.5) is 0 Å². The summed E-state index contributed by atoms with van der Waals surface area (Å²) < 4.78 is 0. The predicted octanol–water partition coefficient (Wildman–Crippen LogP) is 6.10. The Morgan fingerprint density at radius 3 is 1.75 bits per heavy atom. The SMILES string of the molecule is CCCCCCCCCCCCCCCCc1cc[nH]c(=O)c1O. The molecule has 0 unspecified atom stereocenters. The predicted molar refractivity (Wildman–Crippen MR) is 103 cm³/mol. The molecule has 0 saturated carbocycles. The van der Waals surface area contributed by atoms with Crippen LogP contribution in [0.15, 0.2) is 17.1 Å². The molecule has 0 bridgehead atoms. The number of aryl methyl sites for hydroxylation is 1. The second-order valence-corrected chi connectivity index (χ2v) is 7.03. The number of aromatic amines is 1. The minimum Gasteiger partial charge on any atom is -0.503 e. The zero-order valence-electron chi connectivity index (χ0n) is 15.6. The Morgan fingerprint density at radius 2 is 1.25 bits per heavy atom. The lowest BCUT2D eigenvalue weighted by molar-refractivity contribution is 0.457. The Morgan fingerprint density at radius 1 is 0.792 bits per heavy atom. The first-order chi connectivity index (χ1) is 11.8. The molecule has 0 aliphatic rings. The van der Waals surface area contributed by atoms with E-state index in [4.69, 9.17) is 0 Å². The molecule has 3 heteroatoms. The lowest BCUT2D eigenvalue weighted by Gasteiger charge is -2.04. The highest BCUT2D eigenvalue weighted by molar-refractivity contribution is 5.28. The van der Waals surface area contributed by atoms with Gasteiger partial charge in [0, 0.05) is 11.8 Å². The number of hydrogen-bond donors (Lipinski definition) is 2. The molecule has 3 nitrogen and oxygen atoms in total. The molecule has 1 aromatic rings. The molecule has 0 aliphatic heterocycles. The minimum absolute atomic E-state index is 0.104. The van der Waals surface area contributed by atoms with Crippen molar-refractivity contribution in [3.63, 3.8) is 0 Å². The van der Waals surface area contributed by atoms with Crippen molar-refractivity contribution in [2.24, 2.45) is 0 Å². The molecule has 138 valence electrons. The molecule has 0 fully saturated rings. The molecule has 0 saturated heterocycles. The van der Waals surface area contributed by atoms with Gasteiger partial charge in [0.1, 0.15) is 0 Å². The number of aromatic nitrogens is 1. The number of hydrogen-bond acceptors (Lipinski definition) is 2. The first-order valence-electron chi connectivity index (χ1n) is 10.1. The van der Waals surface area contributed by atoms with Crippen molar-refractivity contribution in [2.75, 3.05) is 0 Å². The van der Waals surface area contributed by atoms with Gasteiger partial charge < -0.3 is 10.1 Å². The highest BCUT2D eigenvalue weighted by Crippen LogP contribution is 2.16. The summed E-state index contributed by atoms with van der Waals surface area (Å²) in [5.74, 6) is -0.104. The summed E-state index contributed by atoms with van der Waals surface area (Å²) in [6.45, 7) is 2.27. The Balaban J connectivity index is 1.86. The normalized spacial score (nSPS) is 11.0. The van der Waals surface area contributed by atoms with Gasteiger partial charge in [0.2, 0.25) is 0 Å². The summed E-state index contributed by atoms with van der Waals surface area (Å²) in [4.78, 5) is 13.8. The van der Waals surface area contributed by atoms with Crippen molar-refractivity contribution >= 4 is 0 Å². The van der Waals surface area contributed by atoms with Crippen molar-refractivity contribution in [1.29, 1.82) is 0 Å². The van der Waals surface area contributed by atoms with Crippen LogP contribution in [0.3, 0.4) is 0 Å². The average molecular weight is 336 g/mol. The molecule has 1 aromatic heterocycles. The van der Waals surface area contributed by atoms with E-state index in [2.05, 4.69) is 11.9 Å². The fraction of sp³-hybridized carbons (Fsp3) is 0.762. The van der Waals surface area contributed by atoms with Crippen LogP contribution >= 0.6 is 0 Å². The van der Waals surface area contributed by atoms with E-state index in [0.717, 1.165) is 18.4 Å². The van der Waals surface area contributed by atoms with Gasteiger partial charge in [-0.15, -0.1) is 0 Å². The van der Waals surface area contributed by atoms with E-state index >= 15 is 0 Å². The largest absolute Gasteiger partial charge is 0.503 e. The van der Waals surface area contributed by atoms with Gasteiger partial charge in [0.15, 0.2) is 5.75 Å². The Labute approximate surface area is 147 Å². The molecule has 0 radical (unpaired) electrons. The van der Waals surface area contributed by atoms with Crippen LogP contribution in [0.1, 0.15) is 102 Å². The zero-order chi connectivity index (χ0) is 17.5. The van der Waals surface area contributed by atoms with Crippen LogP contribution in [-0.4, -0.2) is 10.1 Å². The van der Waals surface area contributed by atoms with E-state index in [1.165, 1.54) is 83.5 Å². The summed E-state index contributed by atoms with van der Waals surface area (Å²) in [5.41, 5.74) is 0.399. The van der Waals surface area contributed by atoms with Crippen molar-refractivity contribution < 1.29 is 5.11 Å². The van der Waals surface area contributed by atoms with Gasteiger partial charge in [-0.05, 0) is 18.9 Å². The number of nitrogens with one attached hydrogen (secondary N) is 1. The van der Waals surface area contributed by atoms with E-state index in [0.29, 0.717) is 0 Å². The summed E-state index contributed by atoms with van der Waals surface area (Å²) >= 11 is 0. The maximum Gasteiger partial charge on any atom is 0.290 e. The van der Waals surface area contributed by atoms with Crippen molar-refractivity contribution in [3.05, 3.63) is 28.2 Å². The molecular formula is C21H37NO2. The van der Waals surface area contributed by atoms with Crippen molar-refractivity contribution in [1.82, 2.24) is 4.98 Å². The first kappa shape index (κ1) is 20.8. The van der Waals surface area contributed by atoms with Crippen molar-refractivity contribution in [2.45, 2.75) is 103 Å². The highest BCUT2D eigenvalue weighted by Gasteiger charge is 2.03. The van der Waals surface area contributed by atoms with Crippen LogP contribution in [0.2, 0.25) is 0 Å². The maximum absolute atomic E-state index is 11.3. The van der Waals surface area contributed by atoms with Crippen LogP contribution < -0.4 is 5.56 Å². The van der Waals surface area contributed by atoms with E-state index in [1.807, 2.05) is 0 Å². The summed E-state index contributed by atoms with van der Waals surface area (Å²) in [5, 5.41) is 9.66. The average Bonchev–Trinajstić information content (AvgIpc) is 2.58.